The quantitative estimate of drug-likeness (QED) is 0.102. The Morgan fingerprint density at radius 1 is 0.943 bits per heavy atom. The van der Waals surface area contributed by atoms with E-state index >= 15 is 0 Å². The molecule has 4 N–H and O–H groups in total. The fraction of sp³-hybridized carbons (Fsp3) is 0.958. The van der Waals surface area contributed by atoms with E-state index in [0.717, 1.165) is 43.1 Å². The Morgan fingerprint density at radius 2 is 1.60 bits per heavy atom. The van der Waals surface area contributed by atoms with Crippen LogP contribution in [0.2, 0.25) is 50.0 Å². The SMILES string of the molecule is CCC[Si](C)(OC(C)(C)C)O[Si](C)(CCCOCC(O)N=C(CO)CCO)C[Si](C)(C)CCCO. The molecule has 0 aromatic heterocycles. The molecular formula is C24H55NO7Si3. The monoisotopic (exact) mass is 553 g/mol. The van der Waals surface area contributed by atoms with Crippen molar-refractivity contribution in [3.63, 3.8) is 0 Å². The van der Waals surface area contributed by atoms with E-state index in [1.807, 2.05) is 0 Å². The van der Waals surface area contributed by atoms with Crippen LogP contribution in [-0.2, 0) is 13.3 Å². The zero-order valence-corrected chi connectivity index (χ0v) is 26.7. The van der Waals surface area contributed by atoms with Gasteiger partial charge in [0.1, 0.15) is 0 Å². The molecule has 8 nitrogen and oxygen atoms in total. The molecule has 3 unspecified atom stereocenters. The van der Waals surface area contributed by atoms with Crippen LogP contribution in [0.25, 0.3) is 0 Å². The van der Waals surface area contributed by atoms with Crippen LogP contribution in [0.4, 0.5) is 0 Å². The van der Waals surface area contributed by atoms with Crippen molar-refractivity contribution in [1.82, 2.24) is 0 Å². The Balaban J connectivity index is 5.28. The second-order valence-corrected chi connectivity index (χ2v) is 25.2. The molecule has 0 amide bonds. The van der Waals surface area contributed by atoms with Crippen LogP contribution in [0, 0.1) is 0 Å². The Morgan fingerprint density at radius 3 is 2.11 bits per heavy atom. The van der Waals surface area contributed by atoms with E-state index in [2.05, 4.69) is 58.9 Å². The van der Waals surface area contributed by atoms with Crippen molar-refractivity contribution < 1.29 is 33.7 Å². The first-order chi connectivity index (χ1) is 16.1. The molecule has 210 valence electrons. The van der Waals surface area contributed by atoms with Gasteiger partial charge in [0.2, 0.25) is 0 Å². The molecule has 0 rings (SSSR count). The number of aliphatic hydroxyl groups is 4. The van der Waals surface area contributed by atoms with E-state index in [1.54, 1.807) is 0 Å². The number of aliphatic imine (C=N–C) groups is 1. The molecule has 0 bridgehead atoms. The normalized spacial score (nSPS) is 17.8. The van der Waals surface area contributed by atoms with Crippen molar-refractivity contribution >= 4 is 30.7 Å². The number of ether oxygens (including phenoxy) is 1. The van der Waals surface area contributed by atoms with Crippen LogP contribution in [-0.4, -0.2) is 96.0 Å². The summed E-state index contributed by atoms with van der Waals surface area (Å²) in [5, 5.41) is 37.6. The van der Waals surface area contributed by atoms with Crippen molar-refractivity contribution in [3.8, 4) is 0 Å². The fourth-order valence-corrected chi connectivity index (χ4v) is 24.8. The highest BCUT2D eigenvalue weighted by Crippen LogP contribution is 2.34. The number of nitrogens with zero attached hydrogens (tertiary/aromatic N) is 1. The average Bonchev–Trinajstić information content (AvgIpc) is 2.69. The maximum atomic E-state index is 10.0. The van der Waals surface area contributed by atoms with Crippen LogP contribution >= 0.6 is 0 Å². The lowest BCUT2D eigenvalue weighted by molar-refractivity contribution is 0.0410. The number of aliphatic hydroxyl groups excluding tert-OH is 4. The van der Waals surface area contributed by atoms with E-state index in [0.29, 0.717) is 12.3 Å². The summed E-state index contributed by atoms with van der Waals surface area (Å²) < 4.78 is 19.4. The van der Waals surface area contributed by atoms with E-state index in [9.17, 15) is 15.3 Å². The van der Waals surface area contributed by atoms with Crippen LogP contribution in [0.3, 0.4) is 0 Å². The fourth-order valence-electron chi connectivity index (χ4n) is 4.88. The third-order valence-corrected chi connectivity index (χ3v) is 21.8. The van der Waals surface area contributed by atoms with Crippen molar-refractivity contribution in [2.24, 2.45) is 4.99 Å². The Bertz CT molecular complexity index is 604. The lowest BCUT2D eigenvalue weighted by Gasteiger charge is -2.43. The molecule has 11 heteroatoms. The topological polar surface area (TPSA) is 121 Å². The largest absolute Gasteiger partial charge is 0.436 e. The van der Waals surface area contributed by atoms with Gasteiger partial charge >= 0.3 is 8.56 Å². The minimum Gasteiger partial charge on any atom is -0.436 e. The van der Waals surface area contributed by atoms with Gasteiger partial charge in [0, 0.05) is 40.0 Å². The van der Waals surface area contributed by atoms with Crippen molar-refractivity contribution in [3.05, 3.63) is 0 Å². The third-order valence-electron chi connectivity index (χ3n) is 5.73. The summed E-state index contributed by atoms with van der Waals surface area (Å²) in [7, 11) is -6.07. The summed E-state index contributed by atoms with van der Waals surface area (Å²) in [6.45, 7) is 18.2. The van der Waals surface area contributed by atoms with E-state index in [4.69, 9.17) is 18.4 Å². The van der Waals surface area contributed by atoms with Gasteiger partial charge in [-0.15, -0.1) is 0 Å². The molecule has 0 aliphatic carbocycles. The zero-order valence-electron chi connectivity index (χ0n) is 23.7. The molecule has 0 aliphatic heterocycles. The van der Waals surface area contributed by atoms with Crippen LogP contribution in [0.15, 0.2) is 4.99 Å². The lowest BCUT2D eigenvalue weighted by Crippen LogP contribution is -2.55. The zero-order chi connectivity index (χ0) is 27.2. The van der Waals surface area contributed by atoms with Gasteiger partial charge in [-0.05, 0) is 64.5 Å². The molecule has 3 atom stereocenters. The molecule has 0 saturated heterocycles. The first-order valence-corrected chi connectivity index (χ1v) is 21.9. The molecule has 0 heterocycles. The lowest BCUT2D eigenvalue weighted by atomic mass is 10.2. The first-order valence-electron chi connectivity index (χ1n) is 13.2. The number of rotatable bonds is 20. The minimum atomic E-state index is -2.38. The van der Waals surface area contributed by atoms with E-state index in [1.165, 1.54) is 0 Å². The first kappa shape index (κ1) is 35.0. The highest BCUT2D eigenvalue weighted by molar-refractivity contribution is 6.96. The summed E-state index contributed by atoms with van der Waals surface area (Å²) in [5.74, 6) is 0. The van der Waals surface area contributed by atoms with E-state index in [-0.39, 0.29) is 38.4 Å². The molecule has 0 aromatic carbocycles. The van der Waals surface area contributed by atoms with Gasteiger partial charge in [0.05, 0.1) is 18.8 Å². The van der Waals surface area contributed by atoms with Crippen LogP contribution in [0.5, 0.6) is 0 Å². The Hall–Kier alpha value is 0.0406. The molecule has 0 aliphatic rings. The maximum absolute atomic E-state index is 10.0. The summed E-state index contributed by atoms with van der Waals surface area (Å²) in [6, 6.07) is 3.00. The minimum absolute atomic E-state index is 0.0558. The van der Waals surface area contributed by atoms with Gasteiger partial charge in [0.25, 0.3) is 0 Å². The highest BCUT2D eigenvalue weighted by atomic mass is 28.5. The highest BCUT2D eigenvalue weighted by Gasteiger charge is 2.45. The van der Waals surface area contributed by atoms with Crippen molar-refractivity contribution in [2.45, 2.75) is 115 Å². The second-order valence-electron chi connectivity index (χ2n) is 11.8. The van der Waals surface area contributed by atoms with Gasteiger partial charge in [0.15, 0.2) is 14.5 Å². The molecule has 0 fully saturated rings. The van der Waals surface area contributed by atoms with Gasteiger partial charge < -0.3 is 33.7 Å². The molecule has 0 saturated carbocycles. The molecule has 0 spiro atoms. The smallest absolute Gasteiger partial charge is 0.325 e. The van der Waals surface area contributed by atoms with Crippen LogP contribution < -0.4 is 0 Å². The predicted octanol–water partition coefficient (Wildman–Crippen LogP) is 4.05. The van der Waals surface area contributed by atoms with Gasteiger partial charge in [-0.2, -0.15) is 0 Å². The molecular weight excluding hydrogens is 499 g/mol. The average molecular weight is 554 g/mol. The molecule has 35 heavy (non-hydrogen) atoms. The van der Waals surface area contributed by atoms with Gasteiger partial charge in [-0.1, -0.05) is 32.5 Å². The Labute approximate surface area is 217 Å². The number of hydrogen-bond acceptors (Lipinski definition) is 8. The summed E-state index contributed by atoms with van der Waals surface area (Å²) >= 11 is 0. The van der Waals surface area contributed by atoms with Gasteiger partial charge in [-0.3, -0.25) is 4.99 Å². The van der Waals surface area contributed by atoms with Crippen molar-refractivity contribution in [2.75, 3.05) is 33.0 Å². The van der Waals surface area contributed by atoms with Gasteiger partial charge in [-0.25, -0.2) is 0 Å². The van der Waals surface area contributed by atoms with Crippen LogP contribution in [0.1, 0.15) is 53.4 Å². The summed E-state index contributed by atoms with van der Waals surface area (Å²) in [4.78, 5) is 4.01. The van der Waals surface area contributed by atoms with E-state index < -0.39 is 31.2 Å². The summed E-state index contributed by atoms with van der Waals surface area (Å²) in [5.41, 5.74) is 1.23. The predicted molar refractivity (Wildman–Crippen MR) is 152 cm³/mol. The molecule has 0 radical (unpaired) electrons. The maximum Gasteiger partial charge on any atom is 0.325 e. The van der Waals surface area contributed by atoms with Crippen molar-refractivity contribution in [1.29, 1.82) is 0 Å². The number of hydrogen-bond donors (Lipinski definition) is 4. The third kappa shape index (κ3) is 17.2. The standard InChI is InChI=1S/C24H55NO7Si3/c1-9-16-35(8,31-24(2,3)4)32-34(7,21-33(5,6)17-10-13-26)18-11-15-30-20-23(29)25-22(19-28)12-14-27/h23,26-29H,9-21H2,1-8H3. The Kier molecular flexibility index (Phi) is 16.8. The molecule has 0 aromatic rings. The summed E-state index contributed by atoms with van der Waals surface area (Å²) in [6.07, 6.45) is 1.90. The second kappa shape index (κ2) is 16.8.